The average Bonchev–Trinajstić information content (AvgIpc) is 2.35. The number of nitro benzene ring substituents is 1. The molecule has 1 aromatic rings. The van der Waals surface area contributed by atoms with Gasteiger partial charge in [0.25, 0.3) is 5.69 Å². The van der Waals surface area contributed by atoms with Crippen LogP contribution in [0.5, 0.6) is 0 Å². The Bertz CT molecular complexity index is 614. The molecule has 0 aliphatic carbocycles. The quantitative estimate of drug-likeness (QED) is 0.594. The summed E-state index contributed by atoms with van der Waals surface area (Å²) in [6.45, 7) is 5.77. The van der Waals surface area contributed by atoms with Crippen molar-refractivity contribution in [3.8, 4) is 0 Å². The highest BCUT2D eigenvalue weighted by Crippen LogP contribution is 2.27. The highest BCUT2D eigenvalue weighted by Gasteiger charge is 2.22. The lowest BCUT2D eigenvalue weighted by Gasteiger charge is -2.16. The van der Waals surface area contributed by atoms with Crippen LogP contribution in [-0.2, 0) is 10.0 Å². The van der Waals surface area contributed by atoms with Gasteiger partial charge in [-0.3, -0.25) is 10.1 Å². The highest BCUT2D eigenvalue weighted by molar-refractivity contribution is 7.89. The summed E-state index contributed by atoms with van der Waals surface area (Å²) in [6.07, 6.45) is 0.690. The Hall–Kier alpha value is -1.67. The Morgan fingerprint density at radius 1 is 1.29 bits per heavy atom. The summed E-state index contributed by atoms with van der Waals surface area (Å²) in [5, 5.41) is 13.6. The van der Waals surface area contributed by atoms with Gasteiger partial charge in [0.1, 0.15) is 5.69 Å². The fourth-order valence-corrected chi connectivity index (χ4v) is 3.41. The molecule has 0 aromatic heterocycles. The SMILES string of the molecule is CNc1ccc(S(=O)(=O)NC(C)CC(C)C)cc1[N+](=O)[O-]. The molecular weight excluding hydrogens is 294 g/mol. The molecule has 8 heteroatoms. The van der Waals surface area contributed by atoms with Crippen LogP contribution in [0.2, 0.25) is 0 Å². The van der Waals surface area contributed by atoms with Gasteiger partial charge < -0.3 is 5.32 Å². The first-order valence-electron chi connectivity index (χ1n) is 6.66. The molecule has 1 aromatic carbocycles. The Morgan fingerprint density at radius 2 is 1.90 bits per heavy atom. The molecule has 1 unspecified atom stereocenters. The molecule has 7 nitrogen and oxygen atoms in total. The van der Waals surface area contributed by atoms with E-state index in [-0.39, 0.29) is 22.3 Å². The standard InChI is InChI=1S/C13H21N3O4S/c1-9(2)7-10(3)15-21(19,20)11-5-6-12(14-4)13(8-11)16(17)18/h5-6,8-10,14-15H,7H2,1-4H3. The van der Waals surface area contributed by atoms with Gasteiger partial charge in [-0.05, 0) is 31.4 Å². The summed E-state index contributed by atoms with van der Waals surface area (Å²) < 4.78 is 27.0. The number of nitrogens with one attached hydrogen (secondary N) is 2. The molecule has 0 amide bonds. The second-order valence-electron chi connectivity index (χ2n) is 5.34. The molecule has 0 bridgehead atoms. The maximum Gasteiger partial charge on any atom is 0.293 e. The molecule has 1 atom stereocenters. The molecule has 21 heavy (non-hydrogen) atoms. The summed E-state index contributed by atoms with van der Waals surface area (Å²) in [5.74, 6) is 0.351. The number of hydrogen-bond acceptors (Lipinski definition) is 5. The predicted molar refractivity (Wildman–Crippen MR) is 81.9 cm³/mol. The minimum Gasteiger partial charge on any atom is -0.383 e. The lowest BCUT2D eigenvalue weighted by atomic mass is 10.1. The average molecular weight is 315 g/mol. The number of sulfonamides is 1. The number of benzene rings is 1. The molecule has 0 saturated carbocycles. The van der Waals surface area contributed by atoms with Gasteiger partial charge in [-0.25, -0.2) is 13.1 Å². The van der Waals surface area contributed by atoms with E-state index in [0.717, 1.165) is 6.07 Å². The van der Waals surface area contributed by atoms with Crippen LogP contribution >= 0.6 is 0 Å². The van der Waals surface area contributed by atoms with E-state index in [1.807, 2.05) is 13.8 Å². The van der Waals surface area contributed by atoms with Gasteiger partial charge in [-0.1, -0.05) is 13.8 Å². The Labute approximate surface area is 124 Å². The number of nitrogens with zero attached hydrogens (tertiary/aromatic N) is 1. The zero-order chi connectivity index (χ0) is 16.2. The topological polar surface area (TPSA) is 101 Å². The third-order valence-corrected chi connectivity index (χ3v) is 4.51. The highest BCUT2D eigenvalue weighted by atomic mass is 32.2. The van der Waals surface area contributed by atoms with Crippen molar-refractivity contribution in [2.75, 3.05) is 12.4 Å². The lowest BCUT2D eigenvalue weighted by Crippen LogP contribution is -2.33. The van der Waals surface area contributed by atoms with Crippen LogP contribution in [0, 0.1) is 16.0 Å². The third-order valence-electron chi connectivity index (χ3n) is 2.93. The van der Waals surface area contributed by atoms with Gasteiger partial charge in [0.15, 0.2) is 0 Å². The molecule has 0 fully saturated rings. The maximum absolute atomic E-state index is 12.2. The Morgan fingerprint density at radius 3 is 2.38 bits per heavy atom. The van der Waals surface area contributed by atoms with E-state index in [0.29, 0.717) is 12.3 Å². The molecule has 118 valence electrons. The first-order valence-corrected chi connectivity index (χ1v) is 8.14. The summed E-state index contributed by atoms with van der Waals surface area (Å²) in [5.41, 5.74) is 0.00562. The summed E-state index contributed by atoms with van der Waals surface area (Å²) in [7, 11) is -2.23. The fourth-order valence-electron chi connectivity index (χ4n) is 2.13. The van der Waals surface area contributed by atoms with E-state index in [1.54, 1.807) is 14.0 Å². The molecule has 2 N–H and O–H groups in total. The van der Waals surface area contributed by atoms with Crippen molar-refractivity contribution in [1.82, 2.24) is 4.72 Å². The van der Waals surface area contributed by atoms with Gasteiger partial charge in [-0.15, -0.1) is 0 Å². The minimum absolute atomic E-state index is 0.108. The molecule has 0 saturated heterocycles. The first kappa shape index (κ1) is 17.4. The van der Waals surface area contributed by atoms with E-state index in [9.17, 15) is 18.5 Å². The van der Waals surface area contributed by atoms with Gasteiger partial charge in [0, 0.05) is 19.2 Å². The lowest BCUT2D eigenvalue weighted by molar-refractivity contribution is -0.384. The summed E-state index contributed by atoms with van der Waals surface area (Å²) in [6, 6.07) is 3.57. The third kappa shape index (κ3) is 4.68. The maximum atomic E-state index is 12.2. The molecule has 1 rings (SSSR count). The van der Waals surface area contributed by atoms with Gasteiger partial charge >= 0.3 is 0 Å². The molecule has 0 radical (unpaired) electrons. The van der Waals surface area contributed by atoms with Crippen molar-refractivity contribution < 1.29 is 13.3 Å². The van der Waals surface area contributed by atoms with Crippen LogP contribution in [-0.4, -0.2) is 26.4 Å². The second kappa shape index (κ2) is 6.86. The van der Waals surface area contributed by atoms with E-state index in [2.05, 4.69) is 10.0 Å². The van der Waals surface area contributed by atoms with Crippen molar-refractivity contribution in [1.29, 1.82) is 0 Å². The minimum atomic E-state index is -3.77. The monoisotopic (exact) mass is 315 g/mol. The molecule has 0 aliphatic rings. The zero-order valence-electron chi connectivity index (χ0n) is 12.6. The number of nitro groups is 1. The van der Waals surface area contributed by atoms with Crippen LogP contribution in [0.3, 0.4) is 0 Å². The van der Waals surface area contributed by atoms with Gasteiger partial charge in [-0.2, -0.15) is 0 Å². The van der Waals surface area contributed by atoms with Crippen molar-refractivity contribution >= 4 is 21.4 Å². The van der Waals surface area contributed by atoms with Crippen molar-refractivity contribution in [2.45, 2.75) is 38.1 Å². The molecular formula is C13H21N3O4S. The summed E-state index contributed by atoms with van der Waals surface area (Å²) in [4.78, 5) is 10.3. The fraction of sp³-hybridized carbons (Fsp3) is 0.538. The second-order valence-corrected chi connectivity index (χ2v) is 7.05. The number of rotatable bonds is 7. The largest absolute Gasteiger partial charge is 0.383 e. The van der Waals surface area contributed by atoms with E-state index >= 15 is 0 Å². The first-order chi connectivity index (χ1) is 9.67. The van der Waals surface area contributed by atoms with Crippen molar-refractivity contribution in [3.05, 3.63) is 28.3 Å². The van der Waals surface area contributed by atoms with Crippen LogP contribution < -0.4 is 10.0 Å². The van der Waals surface area contributed by atoms with E-state index in [1.165, 1.54) is 12.1 Å². The smallest absolute Gasteiger partial charge is 0.293 e. The number of anilines is 1. The van der Waals surface area contributed by atoms with Gasteiger partial charge in [0.2, 0.25) is 10.0 Å². The van der Waals surface area contributed by atoms with Crippen LogP contribution in [0.15, 0.2) is 23.1 Å². The Kier molecular flexibility index (Phi) is 5.68. The molecule has 0 aliphatic heterocycles. The molecule has 0 spiro atoms. The van der Waals surface area contributed by atoms with Gasteiger partial charge in [0.05, 0.1) is 9.82 Å². The van der Waals surface area contributed by atoms with E-state index in [4.69, 9.17) is 0 Å². The summed E-state index contributed by atoms with van der Waals surface area (Å²) >= 11 is 0. The molecule has 0 heterocycles. The van der Waals surface area contributed by atoms with E-state index < -0.39 is 14.9 Å². The van der Waals surface area contributed by atoms with Crippen LogP contribution in [0.25, 0.3) is 0 Å². The predicted octanol–water partition coefficient (Wildman–Crippen LogP) is 2.35. The zero-order valence-corrected chi connectivity index (χ0v) is 13.4. The normalized spacial score (nSPS) is 13.2. The van der Waals surface area contributed by atoms with Crippen molar-refractivity contribution in [3.63, 3.8) is 0 Å². The van der Waals surface area contributed by atoms with Crippen LogP contribution in [0.4, 0.5) is 11.4 Å². The van der Waals surface area contributed by atoms with Crippen LogP contribution in [0.1, 0.15) is 27.2 Å². The number of hydrogen-bond donors (Lipinski definition) is 2. The van der Waals surface area contributed by atoms with Crippen molar-refractivity contribution in [2.24, 2.45) is 5.92 Å². The Balaban J connectivity index is 3.09.